The molecule has 0 aromatic heterocycles. The van der Waals surface area contributed by atoms with Crippen LogP contribution in [0.4, 0.5) is 13.6 Å². The van der Waals surface area contributed by atoms with Gasteiger partial charge in [0.1, 0.15) is 18.7 Å². The molecule has 0 spiro atoms. The number of primary amides is 1. The fourth-order valence-electron chi connectivity index (χ4n) is 6.49. The van der Waals surface area contributed by atoms with E-state index in [4.69, 9.17) is 10.5 Å². The molecule has 51 heavy (non-hydrogen) atoms. The second-order valence-corrected chi connectivity index (χ2v) is 13.3. The Morgan fingerprint density at radius 1 is 0.941 bits per heavy atom. The maximum atomic E-state index is 13.3. The minimum atomic E-state index is -2.68. The number of nitrogens with two attached hydrogens (primary N) is 1. The van der Waals surface area contributed by atoms with Crippen LogP contribution in [0.5, 0.6) is 0 Å². The highest BCUT2D eigenvalue weighted by molar-refractivity contribution is 5.90. The molecule has 1 aliphatic heterocycles. The first kappa shape index (κ1) is 38.7. The van der Waals surface area contributed by atoms with Crippen LogP contribution in [0.15, 0.2) is 72.8 Å². The Morgan fingerprint density at radius 3 is 2.29 bits per heavy atom. The van der Waals surface area contributed by atoms with Crippen LogP contribution in [0.1, 0.15) is 63.0 Å². The summed E-state index contributed by atoms with van der Waals surface area (Å²) in [5, 5.41) is 12.9. The van der Waals surface area contributed by atoms with Gasteiger partial charge in [-0.3, -0.25) is 19.2 Å². The maximum Gasteiger partial charge on any atom is 0.407 e. The smallest absolute Gasteiger partial charge is 0.407 e. The van der Waals surface area contributed by atoms with Gasteiger partial charge < -0.3 is 31.7 Å². The summed E-state index contributed by atoms with van der Waals surface area (Å²) in [5.74, 6) is -4.79. The number of alkyl carbamates (subject to hydrolysis) is 1. The average molecular weight is 708 g/mol. The number of hydrogen-bond donors (Lipinski definition) is 5. The number of halogens is 2. The summed E-state index contributed by atoms with van der Waals surface area (Å²) in [5.41, 5.74) is 7.54. The Bertz CT molecular complexity index is 1630. The number of carbonyl (C=O) groups is 5. The standard InChI is InChI=1S/C21H21NO2.C17H26F2N4O4/c1-16(22-21(23)24-15-17-8-3-2-4-9-17)14-19-12-7-11-18-10-5-6-13-20(18)19;18-17(19)4-1-10(2-5-17)7-13(22-9-24)16(27)23-12(14(20)25)8-11-3-6-21-15(11)26/h2-13,16H,14-15H2,1H3,(H,22,23);9-13H,1-8H2,(H2,20,25)(H,21,26)(H,22,24)(H,23,27). The molecule has 5 rings (SSSR count). The topological polar surface area (TPSA) is 169 Å². The van der Waals surface area contributed by atoms with Crippen molar-refractivity contribution in [3.63, 3.8) is 0 Å². The number of hydrogen-bond acceptors (Lipinski definition) is 6. The van der Waals surface area contributed by atoms with Crippen molar-refractivity contribution in [3.05, 3.63) is 83.9 Å². The van der Waals surface area contributed by atoms with E-state index in [-0.39, 0.29) is 69.1 Å². The summed E-state index contributed by atoms with van der Waals surface area (Å²) >= 11 is 0. The van der Waals surface area contributed by atoms with Gasteiger partial charge in [-0.25, -0.2) is 13.6 Å². The van der Waals surface area contributed by atoms with Gasteiger partial charge in [0.15, 0.2) is 0 Å². The van der Waals surface area contributed by atoms with E-state index < -0.39 is 35.7 Å². The third kappa shape index (κ3) is 12.3. The Hall–Kier alpha value is -5.07. The second-order valence-electron chi connectivity index (χ2n) is 13.3. The Labute approximate surface area is 296 Å². The van der Waals surface area contributed by atoms with Crippen molar-refractivity contribution in [2.24, 2.45) is 17.6 Å². The third-order valence-electron chi connectivity index (χ3n) is 9.32. The lowest BCUT2D eigenvalue weighted by Gasteiger charge is -2.30. The van der Waals surface area contributed by atoms with Gasteiger partial charge in [-0.1, -0.05) is 72.8 Å². The summed E-state index contributed by atoms with van der Waals surface area (Å²) in [4.78, 5) is 58.7. The zero-order chi connectivity index (χ0) is 36.8. The van der Waals surface area contributed by atoms with Crippen LogP contribution in [0.3, 0.4) is 0 Å². The molecule has 4 atom stereocenters. The van der Waals surface area contributed by atoms with Gasteiger partial charge in [0, 0.05) is 31.3 Å². The first-order chi connectivity index (χ1) is 24.4. The van der Waals surface area contributed by atoms with Crippen LogP contribution in [-0.2, 0) is 36.9 Å². The van der Waals surface area contributed by atoms with Crippen LogP contribution in [0.25, 0.3) is 10.8 Å². The molecule has 6 N–H and O–H groups in total. The molecule has 13 heteroatoms. The summed E-state index contributed by atoms with van der Waals surface area (Å²) in [6, 6.07) is 22.2. The van der Waals surface area contributed by atoms with Crippen molar-refractivity contribution in [1.29, 1.82) is 0 Å². The minimum Gasteiger partial charge on any atom is -0.445 e. The highest BCUT2D eigenvalue weighted by Gasteiger charge is 2.37. The molecule has 1 saturated heterocycles. The quantitative estimate of drug-likeness (QED) is 0.155. The molecule has 2 fully saturated rings. The maximum absolute atomic E-state index is 13.3. The Morgan fingerprint density at radius 2 is 1.63 bits per heavy atom. The first-order valence-corrected chi connectivity index (χ1v) is 17.3. The molecule has 0 bridgehead atoms. The number of ether oxygens (including phenoxy) is 1. The highest BCUT2D eigenvalue weighted by Crippen LogP contribution is 2.37. The van der Waals surface area contributed by atoms with E-state index in [9.17, 15) is 32.8 Å². The third-order valence-corrected chi connectivity index (χ3v) is 9.32. The molecular weight excluding hydrogens is 660 g/mol. The van der Waals surface area contributed by atoms with Gasteiger partial charge in [0.2, 0.25) is 30.1 Å². The first-order valence-electron chi connectivity index (χ1n) is 17.3. The fourth-order valence-corrected chi connectivity index (χ4v) is 6.49. The van der Waals surface area contributed by atoms with E-state index >= 15 is 0 Å². The molecule has 2 aliphatic rings. The normalized spacial score (nSPS) is 18.6. The summed E-state index contributed by atoms with van der Waals surface area (Å²) in [6.45, 7) is 2.78. The molecule has 274 valence electrons. The van der Waals surface area contributed by atoms with Gasteiger partial charge in [-0.2, -0.15) is 0 Å². The van der Waals surface area contributed by atoms with Crippen molar-refractivity contribution in [1.82, 2.24) is 21.3 Å². The summed E-state index contributed by atoms with van der Waals surface area (Å²) < 4.78 is 31.8. The lowest BCUT2D eigenvalue weighted by Crippen LogP contribution is -2.53. The van der Waals surface area contributed by atoms with Crippen LogP contribution in [-0.4, -0.2) is 60.8 Å². The molecule has 0 radical (unpaired) electrons. The van der Waals surface area contributed by atoms with Gasteiger partial charge in [0.05, 0.1) is 0 Å². The van der Waals surface area contributed by atoms with Crippen LogP contribution in [0.2, 0.25) is 0 Å². The molecule has 1 saturated carbocycles. The molecule has 4 unspecified atom stereocenters. The van der Waals surface area contributed by atoms with E-state index in [0.717, 1.165) is 12.0 Å². The largest absolute Gasteiger partial charge is 0.445 e. The van der Waals surface area contributed by atoms with Crippen molar-refractivity contribution in [2.75, 3.05) is 6.54 Å². The summed E-state index contributed by atoms with van der Waals surface area (Å²) in [6.07, 6.45) is 1.62. The molecule has 11 nitrogen and oxygen atoms in total. The average Bonchev–Trinajstić information content (AvgIpc) is 3.52. The SMILES string of the molecule is CC(Cc1cccc2ccccc12)NC(=O)OCc1ccccc1.NC(=O)C(CC1CCNC1=O)NC(=O)C(CC1CCC(F)(F)CC1)NC=O. The van der Waals surface area contributed by atoms with Crippen molar-refractivity contribution in [3.8, 4) is 0 Å². The zero-order valence-corrected chi connectivity index (χ0v) is 28.7. The number of carbonyl (C=O) groups excluding carboxylic acids is 5. The minimum absolute atomic E-state index is 0.000852. The second kappa shape index (κ2) is 18.8. The lowest BCUT2D eigenvalue weighted by atomic mass is 9.82. The van der Waals surface area contributed by atoms with E-state index in [1.54, 1.807) is 0 Å². The van der Waals surface area contributed by atoms with Gasteiger partial charge >= 0.3 is 6.09 Å². The molecule has 5 amide bonds. The lowest BCUT2D eigenvalue weighted by molar-refractivity contribution is -0.131. The van der Waals surface area contributed by atoms with Crippen molar-refractivity contribution in [2.45, 2.75) is 88.9 Å². The van der Waals surface area contributed by atoms with E-state index in [1.165, 1.54) is 16.3 Å². The number of alkyl halides is 2. The van der Waals surface area contributed by atoms with Crippen LogP contribution in [0, 0.1) is 11.8 Å². The predicted molar refractivity (Wildman–Crippen MR) is 188 cm³/mol. The molecule has 1 aliphatic carbocycles. The van der Waals surface area contributed by atoms with Crippen molar-refractivity contribution >= 4 is 41.0 Å². The van der Waals surface area contributed by atoms with Crippen LogP contribution >= 0.6 is 0 Å². The number of nitrogens with one attached hydrogen (secondary N) is 4. The zero-order valence-electron chi connectivity index (χ0n) is 28.7. The molecule has 3 aromatic carbocycles. The van der Waals surface area contributed by atoms with Gasteiger partial charge in [0.25, 0.3) is 0 Å². The Balaban J connectivity index is 0.000000230. The van der Waals surface area contributed by atoms with Gasteiger partial charge in [-0.05, 0) is 73.3 Å². The van der Waals surface area contributed by atoms with E-state index in [2.05, 4.69) is 51.6 Å². The number of benzene rings is 3. The number of amides is 5. The van der Waals surface area contributed by atoms with E-state index in [1.807, 2.05) is 49.4 Å². The van der Waals surface area contributed by atoms with Gasteiger partial charge in [-0.15, -0.1) is 0 Å². The monoisotopic (exact) mass is 707 g/mol. The van der Waals surface area contributed by atoms with Crippen LogP contribution < -0.4 is 27.0 Å². The number of rotatable bonds is 14. The number of fused-ring (bicyclic) bond motifs is 1. The van der Waals surface area contributed by atoms with Crippen molar-refractivity contribution < 1.29 is 37.5 Å². The van der Waals surface area contributed by atoms with E-state index in [0.29, 0.717) is 19.4 Å². The fraction of sp³-hybridized carbons (Fsp3) is 0.447. The Kier molecular flexibility index (Phi) is 14.3. The molecule has 1 heterocycles. The highest BCUT2D eigenvalue weighted by atomic mass is 19.3. The predicted octanol–water partition coefficient (Wildman–Crippen LogP) is 4.51. The molecular formula is C38H47F2N5O6. The molecule has 3 aromatic rings. The summed E-state index contributed by atoms with van der Waals surface area (Å²) in [7, 11) is 0.